The quantitative estimate of drug-likeness (QED) is 0.864. The van der Waals surface area contributed by atoms with Crippen LogP contribution in [0.3, 0.4) is 0 Å². The van der Waals surface area contributed by atoms with Crippen LogP contribution in [0.5, 0.6) is 0 Å². The van der Waals surface area contributed by atoms with Gasteiger partial charge in [-0.3, -0.25) is 0 Å². The molecule has 106 valence electrons. The summed E-state index contributed by atoms with van der Waals surface area (Å²) in [5, 5.41) is 5.83. The SMILES string of the molecule is CCCNc1nc(NC2CCOC2C)c(F)cc1F. The average Bonchev–Trinajstić information content (AvgIpc) is 2.77. The topological polar surface area (TPSA) is 46.2 Å². The monoisotopic (exact) mass is 271 g/mol. The van der Waals surface area contributed by atoms with E-state index in [0.29, 0.717) is 13.2 Å². The van der Waals surface area contributed by atoms with Crippen molar-refractivity contribution >= 4 is 11.6 Å². The average molecular weight is 271 g/mol. The fourth-order valence-corrected chi connectivity index (χ4v) is 2.03. The van der Waals surface area contributed by atoms with Crippen molar-refractivity contribution in [3.8, 4) is 0 Å². The van der Waals surface area contributed by atoms with Crippen molar-refractivity contribution in [2.24, 2.45) is 0 Å². The van der Waals surface area contributed by atoms with Crippen LogP contribution in [0, 0.1) is 11.6 Å². The first-order valence-corrected chi connectivity index (χ1v) is 6.60. The van der Waals surface area contributed by atoms with Crippen LogP contribution in [0.15, 0.2) is 6.07 Å². The van der Waals surface area contributed by atoms with Gasteiger partial charge in [0.25, 0.3) is 0 Å². The fourth-order valence-electron chi connectivity index (χ4n) is 2.03. The summed E-state index contributed by atoms with van der Waals surface area (Å²) >= 11 is 0. The molecule has 6 heteroatoms. The molecule has 4 nitrogen and oxygen atoms in total. The molecule has 2 heterocycles. The predicted octanol–water partition coefficient (Wildman–Crippen LogP) is 2.77. The molecule has 2 unspecified atom stereocenters. The summed E-state index contributed by atoms with van der Waals surface area (Å²) in [5.74, 6) is -1.20. The molecule has 0 amide bonds. The van der Waals surface area contributed by atoms with Gasteiger partial charge in [0.2, 0.25) is 0 Å². The summed E-state index contributed by atoms with van der Waals surface area (Å²) in [6, 6.07) is 0.861. The van der Waals surface area contributed by atoms with Gasteiger partial charge < -0.3 is 15.4 Å². The Labute approximate surface area is 111 Å². The van der Waals surface area contributed by atoms with E-state index in [1.165, 1.54) is 0 Å². The smallest absolute Gasteiger partial charge is 0.168 e. The van der Waals surface area contributed by atoms with Crippen LogP contribution in [0.4, 0.5) is 20.4 Å². The third-order valence-electron chi connectivity index (χ3n) is 3.17. The van der Waals surface area contributed by atoms with E-state index in [2.05, 4.69) is 15.6 Å². The summed E-state index contributed by atoms with van der Waals surface area (Å²) < 4.78 is 32.6. The molecule has 1 saturated heterocycles. The Hall–Kier alpha value is -1.43. The van der Waals surface area contributed by atoms with E-state index in [1.54, 1.807) is 0 Å². The number of aromatic nitrogens is 1. The number of hydrogen-bond donors (Lipinski definition) is 2. The second kappa shape index (κ2) is 6.14. The molecule has 0 aliphatic carbocycles. The standard InChI is InChI=1S/C13H19F2N3O/c1-3-5-16-12-9(14)7-10(15)13(18-12)17-11-4-6-19-8(11)2/h7-8,11H,3-6H2,1-2H3,(H2,16,17,18). The van der Waals surface area contributed by atoms with Crippen molar-refractivity contribution in [2.45, 2.75) is 38.8 Å². The van der Waals surface area contributed by atoms with Crippen molar-refractivity contribution in [1.29, 1.82) is 0 Å². The Balaban J connectivity index is 2.14. The molecular weight excluding hydrogens is 252 g/mol. The van der Waals surface area contributed by atoms with E-state index in [-0.39, 0.29) is 23.8 Å². The van der Waals surface area contributed by atoms with Gasteiger partial charge in [-0.1, -0.05) is 6.92 Å². The molecule has 0 aromatic carbocycles. The summed E-state index contributed by atoms with van der Waals surface area (Å²) in [6.07, 6.45) is 1.63. The van der Waals surface area contributed by atoms with Crippen LogP contribution in [-0.2, 0) is 4.74 Å². The Kier molecular flexibility index (Phi) is 4.52. The number of pyridine rings is 1. The number of hydrogen-bond acceptors (Lipinski definition) is 4. The van der Waals surface area contributed by atoms with E-state index >= 15 is 0 Å². The first-order chi connectivity index (χ1) is 9.11. The number of nitrogens with zero attached hydrogens (tertiary/aromatic N) is 1. The van der Waals surface area contributed by atoms with Gasteiger partial charge >= 0.3 is 0 Å². The summed E-state index contributed by atoms with van der Waals surface area (Å²) in [4.78, 5) is 3.98. The molecule has 2 rings (SSSR count). The normalized spacial score (nSPS) is 22.5. The van der Waals surface area contributed by atoms with Gasteiger partial charge in [0.15, 0.2) is 23.3 Å². The zero-order valence-electron chi connectivity index (χ0n) is 11.2. The molecule has 1 fully saturated rings. The summed E-state index contributed by atoms with van der Waals surface area (Å²) in [7, 11) is 0. The highest BCUT2D eigenvalue weighted by Crippen LogP contribution is 2.23. The van der Waals surface area contributed by atoms with E-state index in [1.807, 2.05) is 13.8 Å². The van der Waals surface area contributed by atoms with Gasteiger partial charge in [0.1, 0.15) is 0 Å². The van der Waals surface area contributed by atoms with Crippen LogP contribution < -0.4 is 10.6 Å². The van der Waals surface area contributed by atoms with Crippen LogP contribution in [-0.4, -0.2) is 30.3 Å². The molecular formula is C13H19F2N3O. The first kappa shape index (κ1) is 14.0. The molecule has 2 atom stereocenters. The van der Waals surface area contributed by atoms with Gasteiger partial charge in [0, 0.05) is 19.2 Å². The minimum absolute atomic E-state index is 0.00157. The Morgan fingerprint density at radius 1 is 1.37 bits per heavy atom. The largest absolute Gasteiger partial charge is 0.376 e. The number of rotatable bonds is 5. The molecule has 0 saturated carbocycles. The third-order valence-corrected chi connectivity index (χ3v) is 3.17. The van der Waals surface area contributed by atoms with E-state index in [9.17, 15) is 8.78 Å². The Bertz CT molecular complexity index is 442. The minimum atomic E-state index is -0.682. The van der Waals surface area contributed by atoms with Crippen LogP contribution in [0.1, 0.15) is 26.7 Å². The lowest BCUT2D eigenvalue weighted by Crippen LogP contribution is -2.28. The summed E-state index contributed by atoms with van der Waals surface area (Å²) in [6.45, 7) is 5.12. The first-order valence-electron chi connectivity index (χ1n) is 6.60. The molecule has 0 radical (unpaired) electrons. The molecule has 2 N–H and O–H groups in total. The Morgan fingerprint density at radius 3 is 2.74 bits per heavy atom. The Morgan fingerprint density at radius 2 is 2.11 bits per heavy atom. The molecule has 1 aromatic rings. The second-order valence-electron chi connectivity index (χ2n) is 4.69. The van der Waals surface area contributed by atoms with Crippen LogP contribution in [0.2, 0.25) is 0 Å². The number of nitrogens with one attached hydrogen (secondary N) is 2. The van der Waals surface area contributed by atoms with Crippen LogP contribution >= 0.6 is 0 Å². The molecule has 19 heavy (non-hydrogen) atoms. The van der Waals surface area contributed by atoms with Gasteiger partial charge in [-0.05, 0) is 19.8 Å². The maximum atomic E-state index is 13.7. The van der Waals surface area contributed by atoms with Gasteiger partial charge in [-0.15, -0.1) is 0 Å². The summed E-state index contributed by atoms with van der Waals surface area (Å²) in [5.41, 5.74) is 0. The second-order valence-corrected chi connectivity index (χ2v) is 4.69. The maximum absolute atomic E-state index is 13.7. The molecule has 0 spiro atoms. The van der Waals surface area contributed by atoms with Crippen molar-refractivity contribution in [1.82, 2.24) is 4.98 Å². The molecule has 1 aromatic heterocycles. The third kappa shape index (κ3) is 3.32. The lowest BCUT2D eigenvalue weighted by Gasteiger charge is -2.18. The number of halogens is 2. The lowest BCUT2D eigenvalue weighted by atomic mass is 10.1. The van der Waals surface area contributed by atoms with E-state index in [4.69, 9.17) is 4.74 Å². The minimum Gasteiger partial charge on any atom is -0.376 e. The maximum Gasteiger partial charge on any atom is 0.168 e. The van der Waals surface area contributed by atoms with Crippen molar-refractivity contribution < 1.29 is 13.5 Å². The highest BCUT2D eigenvalue weighted by atomic mass is 19.1. The van der Waals surface area contributed by atoms with E-state index in [0.717, 1.165) is 18.9 Å². The highest BCUT2D eigenvalue weighted by molar-refractivity contribution is 5.48. The van der Waals surface area contributed by atoms with Crippen molar-refractivity contribution in [3.63, 3.8) is 0 Å². The van der Waals surface area contributed by atoms with Crippen molar-refractivity contribution in [2.75, 3.05) is 23.8 Å². The molecule has 1 aliphatic heterocycles. The lowest BCUT2D eigenvalue weighted by molar-refractivity contribution is 0.121. The van der Waals surface area contributed by atoms with Crippen LogP contribution in [0.25, 0.3) is 0 Å². The number of anilines is 2. The predicted molar refractivity (Wildman–Crippen MR) is 70.4 cm³/mol. The number of ether oxygens (including phenoxy) is 1. The molecule has 0 bridgehead atoms. The van der Waals surface area contributed by atoms with Gasteiger partial charge in [-0.25, -0.2) is 13.8 Å². The zero-order valence-corrected chi connectivity index (χ0v) is 11.2. The van der Waals surface area contributed by atoms with Gasteiger partial charge in [0.05, 0.1) is 12.1 Å². The van der Waals surface area contributed by atoms with Crippen molar-refractivity contribution in [3.05, 3.63) is 17.7 Å². The molecule has 1 aliphatic rings. The fraction of sp³-hybridized carbons (Fsp3) is 0.615. The zero-order chi connectivity index (χ0) is 13.8. The van der Waals surface area contributed by atoms with Gasteiger partial charge in [-0.2, -0.15) is 0 Å². The van der Waals surface area contributed by atoms with E-state index < -0.39 is 11.6 Å². The highest BCUT2D eigenvalue weighted by Gasteiger charge is 2.25.